The van der Waals surface area contributed by atoms with E-state index in [9.17, 15) is 9.59 Å². The van der Waals surface area contributed by atoms with Crippen molar-refractivity contribution in [3.05, 3.63) is 12.3 Å². The van der Waals surface area contributed by atoms with E-state index < -0.39 is 0 Å². The molecule has 1 fully saturated rings. The van der Waals surface area contributed by atoms with Gasteiger partial charge >= 0.3 is 0 Å². The summed E-state index contributed by atoms with van der Waals surface area (Å²) in [5, 5.41) is 6.54. The Morgan fingerprint density at radius 3 is 3.00 bits per heavy atom. The lowest BCUT2D eigenvalue weighted by Crippen LogP contribution is -2.46. The minimum atomic E-state index is -0.351. The number of nitrogens with two attached hydrogens (primary N) is 1. The van der Waals surface area contributed by atoms with Crippen LogP contribution in [-0.2, 0) is 16.1 Å². The number of nitrogens with zero attached hydrogens (tertiary/aromatic N) is 3. The van der Waals surface area contributed by atoms with Crippen molar-refractivity contribution in [1.29, 1.82) is 0 Å². The number of aromatic nitrogens is 2. The summed E-state index contributed by atoms with van der Waals surface area (Å²) >= 11 is 0. The van der Waals surface area contributed by atoms with Gasteiger partial charge < -0.3 is 16.0 Å². The average Bonchev–Trinajstić information content (AvgIpc) is 2.97. The van der Waals surface area contributed by atoms with Gasteiger partial charge in [-0.3, -0.25) is 14.3 Å². The molecule has 1 saturated heterocycles. The van der Waals surface area contributed by atoms with Gasteiger partial charge in [-0.15, -0.1) is 0 Å². The second kappa shape index (κ2) is 5.07. The minimum absolute atomic E-state index is 0.107. The van der Waals surface area contributed by atoms with Crippen molar-refractivity contribution >= 4 is 17.6 Å². The van der Waals surface area contributed by atoms with E-state index >= 15 is 0 Å². The van der Waals surface area contributed by atoms with Gasteiger partial charge in [-0.05, 0) is 18.9 Å². The molecule has 0 bridgehead atoms. The summed E-state index contributed by atoms with van der Waals surface area (Å²) in [6, 6.07) is 1.28. The molecule has 7 nitrogen and oxygen atoms in total. The van der Waals surface area contributed by atoms with Crippen molar-refractivity contribution in [3.8, 4) is 0 Å². The molecule has 1 aromatic rings. The fraction of sp³-hybridized carbons (Fsp3) is 0.545. The highest BCUT2D eigenvalue weighted by atomic mass is 16.2. The van der Waals surface area contributed by atoms with Crippen LogP contribution in [0.15, 0.2) is 12.3 Å². The van der Waals surface area contributed by atoms with Gasteiger partial charge in [0.1, 0.15) is 18.4 Å². The molecule has 0 saturated carbocycles. The van der Waals surface area contributed by atoms with Gasteiger partial charge in [0.05, 0.1) is 0 Å². The molecule has 98 valence electrons. The second-order valence-electron chi connectivity index (χ2n) is 4.30. The number of hydrogen-bond acceptors (Lipinski definition) is 4. The first-order valence-corrected chi connectivity index (χ1v) is 5.92. The normalized spacial score (nSPS) is 18.9. The Balaban J connectivity index is 2.02. The third-order valence-corrected chi connectivity index (χ3v) is 3.08. The lowest BCUT2D eigenvalue weighted by Gasteiger charge is -2.23. The molecule has 1 aromatic heterocycles. The predicted octanol–water partition coefficient (Wildman–Crippen LogP) is -0.798. The summed E-state index contributed by atoms with van der Waals surface area (Å²) in [6.45, 7) is 0.734. The number of rotatable bonds is 3. The molecule has 3 N–H and O–H groups in total. The molecular formula is C11H17N5O2. The van der Waals surface area contributed by atoms with E-state index in [0.29, 0.717) is 18.8 Å². The molecule has 7 heteroatoms. The summed E-state index contributed by atoms with van der Waals surface area (Å²) in [4.78, 5) is 25.3. The Morgan fingerprint density at radius 2 is 2.39 bits per heavy atom. The van der Waals surface area contributed by atoms with E-state index in [1.165, 1.54) is 4.68 Å². The highest BCUT2D eigenvalue weighted by Crippen LogP contribution is 2.17. The Morgan fingerprint density at radius 1 is 1.61 bits per heavy atom. The van der Waals surface area contributed by atoms with E-state index in [1.54, 1.807) is 24.2 Å². The van der Waals surface area contributed by atoms with Gasteiger partial charge in [0.2, 0.25) is 11.8 Å². The van der Waals surface area contributed by atoms with Crippen LogP contribution in [0.25, 0.3) is 0 Å². The Hall–Kier alpha value is -2.05. The zero-order valence-electron chi connectivity index (χ0n) is 10.3. The Bertz CT molecular complexity index is 456. The molecular weight excluding hydrogens is 234 g/mol. The molecule has 1 atom stereocenters. The summed E-state index contributed by atoms with van der Waals surface area (Å²) in [5.41, 5.74) is 5.48. The topological polar surface area (TPSA) is 93.2 Å². The van der Waals surface area contributed by atoms with Crippen molar-refractivity contribution in [2.45, 2.75) is 25.4 Å². The number of carbonyl (C=O) groups excluding carboxylic acids is 2. The van der Waals surface area contributed by atoms with Gasteiger partial charge in [-0.1, -0.05) is 0 Å². The van der Waals surface area contributed by atoms with Crippen LogP contribution in [0.5, 0.6) is 0 Å². The van der Waals surface area contributed by atoms with Crippen LogP contribution in [0.1, 0.15) is 12.8 Å². The maximum absolute atomic E-state index is 12.1. The molecule has 0 radical (unpaired) electrons. The average molecular weight is 251 g/mol. The lowest BCUT2D eigenvalue weighted by molar-refractivity contribution is -0.138. The zero-order chi connectivity index (χ0) is 13.1. The molecule has 1 aliphatic rings. The fourth-order valence-electron chi connectivity index (χ4n) is 2.20. The first-order chi connectivity index (χ1) is 8.61. The van der Waals surface area contributed by atoms with Gasteiger partial charge in [0.25, 0.3) is 0 Å². The number of likely N-dealkylation sites (tertiary alicyclic amines) is 1. The Kier molecular flexibility index (Phi) is 3.50. The second-order valence-corrected chi connectivity index (χ2v) is 4.30. The van der Waals surface area contributed by atoms with Gasteiger partial charge in [0, 0.05) is 19.8 Å². The Labute approximate surface area is 105 Å². The molecule has 18 heavy (non-hydrogen) atoms. The molecule has 2 amide bonds. The number of nitrogen functional groups attached to an aromatic ring is 1. The quantitative estimate of drug-likeness (QED) is 0.735. The molecule has 0 spiro atoms. The summed E-state index contributed by atoms with van der Waals surface area (Å²) in [5.74, 6) is 0.164. The smallest absolute Gasteiger partial charge is 0.244 e. The molecule has 1 unspecified atom stereocenters. The number of nitrogens with one attached hydrogen (secondary N) is 1. The van der Waals surface area contributed by atoms with Gasteiger partial charge in [0.15, 0.2) is 0 Å². The number of hydrogen-bond donors (Lipinski definition) is 2. The maximum Gasteiger partial charge on any atom is 0.244 e. The van der Waals surface area contributed by atoms with E-state index in [1.807, 2.05) is 0 Å². The monoisotopic (exact) mass is 251 g/mol. The van der Waals surface area contributed by atoms with Crippen molar-refractivity contribution in [3.63, 3.8) is 0 Å². The molecule has 2 rings (SSSR count). The highest BCUT2D eigenvalue weighted by Gasteiger charge is 2.33. The molecule has 0 aromatic carbocycles. The van der Waals surface area contributed by atoms with E-state index in [-0.39, 0.29) is 24.4 Å². The van der Waals surface area contributed by atoms with Gasteiger partial charge in [-0.25, -0.2) is 0 Å². The van der Waals surface area contributed by atoms with Crippen LogP contribution >= 0.6 is 0 Å². The number of amides is 2. The third-order valence-electron chi connectivity index (χ3n) is 3.08. The van der Waals surface area contributed by atoms with Crippen LogP contribution in [0.4, 0.5) is 5.82 Å². The highest BCUT2D eigenvalue weighted by molar-refractivity contribution is 5.88. The standard InChI is InChI=1S/C11H17N5O2/c1-13-11(18)8-3-2-5-16(8)10(17)7-15-6-4-9(12)14-15/h4,6,8H,2-3,5,7H2,1H3,(H2,12,14)(H,13,18). The summed E-state index contributed by atoms with van der Waals surface area (Å²) < 4.78 is 1.48. The molecule has 1 aliphatic heterocycles. The number of carbonyl (C=O) groups is 2. The van der Waals surface area contributed by atoms with Crippen LogP contribution in [0.3, 0.4) is 0 Å². The summed E-state index contributed by atoms with van der Waals surface area (Å²) in [7, 11) is 1.58. The fourth-order valence-corrected chi connectivity index (χ4v) is 2.20. The van der Waals surface area contributed by atoms with Crippen LogP contribution in [0, 0.1) is 0 Å². The number of likely N-dealkylation sites (N-methyl/N-ethyl adjacent to an activating group) is 1. The van der Waals surface area contributed by atoms with Crippen LogP contribution in [0.2, 0.25) is 0 Å². The van der Waals surface area contributed by atoms with Crippen molar-refractivity contribution in [1.82, 2.24) is 20.0 Å². The van der Waals surface area contributed by atoms with Crippen LogP contribution in [-0.4, -0.2) is 46.1 Å². The molecule has 2 heterocycles. The number of anilines is 1. The van der Waals surface area contributed by atoms with Gasteiger partial charge in [-0.2, -0.15) is 5.10 Å². The largest absolute Gasteiger partial charge is 0.382 e. The SMILES string of the molecule is CNC(=O)C1CCCN1C(=O)Cn1ccc(N)n1. The summed E-state index contributed by atoms with van der Waals surface area (Å²) in [6.07, 6.45) is 3.22. The van der Waals surface area contributed by atoms with Crippen molar-refractivity contribution in [2.24, 2.45) is 0 Å². The van der Waals surface area contributed by atoms with Crippen molar-refractivity contribution < 1.29 is 9.59 Å². The minimum Gasteiger partial charge on any atom is -0.382 e. The van der Waals surface area contributed by atoms with E-state index in [4.69, 9.17) is 5.73 Å². The third kappa shape index (κ3) is 2.44. The van der Waals surface area contributed by atoms with E-state index in [2.05, 4.69) is 10.4 Å². The maximum atomic E-state index is 12.1. The van der Waals surface area contributed by atoms with Crippen LogP contribution < -0.4 is 11.1 Å². The first kappa shape index (κ1) is 12.4. The zero-order valence-corrected chi connectivity index (χ0v) is 10.3. The van der Waals surface area contributed by atoms with Crippen molar-refractivity contribution in [2.75, 3.05) is 19.3 Å². The van der Waals surface area contributed by atoms with E-state index in [0.717, 1.165) is 6.42 Å². The molecule has 0 aliphatic carbocycles. The lowest BCUT2D eigenvalue weighted by atomic mass is 10.2. The first-order valence-electron chi connectivity index (χ1n) is 5.92. The predicted molar refractivity (Wildman–Crippen MR) is 65.4 cm³/mol.